The van der Waals surface area contributed by atoms with Crippen molar-refractivity contribution in [3.63, 3.8) is 0 Å². The van der Waals surface area contributed by atoms with Gasteiger partial charge >= 0.3 is 11.4 Å². The van der Waals surface area contributed by atoms with Crippen molar-refractivity contribution in [1.82, 2.24) is 0 Å². The van der Waals surface area contributed by atoms with Gasteiger partial charge in [-0.25, -0.2) is 0 Å². The number of nitro benzene ring substituents is 2. The molecular formula is C11H14N2O5. The second-order valence-electron chi connectivity index (χ2n) is 3.89. The lowest BCUT2D eigenvalue weighted by atomic mass is 10.0. The maximum Gasteiger partial charge on any atom is 0.351 e. The molecule has 1 rings (SSSR count). The zero-order valence-corrected chi connectivity index (χ0v) is 9.91. The van der Waals surface area contributed by atoms with E-state index in [2.05, 4.69) is 0 Å². The Hall–Kier alpha value is -2.02. The Morgan fingerprint density at radius 1 is 1.28 bits per heavy atom. The molecule has 7 heteroatoms. The minimum Gasteiger partial charge on any atom is -0.388 e. The summed E-state index contributed by atoms with van der Waals surface area (Å²) in [6.45, 7) is 1.93. The molecule has 0 saturated carbocycles. The van der Waals surface area contributed by atoms with E-state index < -0.39 is 27.3 Å². The molecule has 0 radical (unpaired) electrons. The van der Waals surface area contributed by atoms with Crippen molar-refractivity contribution in [2.75, 3.05) is 0 Å². The summed E-state index contributed by atoms with van der Waals surface area (Å²) in [4.78, 5) is 20.0. The number of aliphatic hydroxyl groups excluding tert-OH is 1. The van der Waals surface area contributed by atoms with Crippen molar-refractivity contribution in [1.29, 1.82) is 0 Å². The van der Waals surface area contributed by atoms with E-state index in [1.165, 1.54) is 12.1 Å². The zero-order chi connectivity index (χ0) is 13.7. The number of hydrogen-bond acceptors (Lipinski definition) is 5. The number of nitro groups is 2. The molecule has 0 aliphatic rings. The van der Waals surface area contributed by atoms with Crippen LogP contribution in [0, 0.1) is 20.2 Å². The number of rotatable bonds is 6. The molecule has 0 heterocycles. The number of para-hydroxylation sites is 1. The van der Waals surface area contributed by atoms with Crippen molar-refractivity contribution in [2.24, 2.45) is 0 Å². The Labute approximate surface area is 103 Å². The van der Waals surface area contributed by atoms with Crippen LogP contribution in [-0.2, 0) is 0 Å². The maximum atomic E-state index is 10.9. The fourth-order valence-electron chi connectivity index (χ4n) is 1.72. The van der Waals surface area contributed by atoms with Gasteiger partial charge in [-0.2, -0.15) is 0 Å². The van der Waals surface area contributed by atoms with Crippen molar-refractivity contribution in [2.45, 2.75) is 32.3 Å². The summed E-state index contributed by atoms with van der Waals surface area (Å²) in [5.74, 6) is 0. The second kappa shape index (κ2) is 6.06. The van der Waals surface area contributed by atoms with Crippen LogP contribution in [0.1, 0.15) is 37.9 Å². The van der Waals surface area contributed by atoms with Crippen molar-refractivity contribution in [3.8, 4) is 0 Å². The molecule has 0 aliphatic carbocycles. The van der Waals surface area contributed by atoms with Crippen LogP contribution >= 0.6 is 0 Å². The molecule has 1 unspecified atom stereocenters. The molecule has 0 spiro atoms. The first-order valence-electron chi connectivity index (χ1n) is 5.58. The first-order chi connectivity index (χ1) is 8.49. The maximum absolute atomic E-state index is 10.9. The Morgan fingerprint density at radius 2 is 1.94 bits per heavy atom. The Morgan fingerprint density at radius 3 is 2.44 bits per heavy atom. The highest BCUT2D eigenvalue weighted by molar-refractivity contribution is 5.58. The quantitative estimate of drug-likeness (QED) is 0.620. The summed E-state index contributed by atoms with van der Waals surface area (Å²) in [6, 6.07) is 3.76. The molecule has 0 amide bonds. The van der Waals surface area contributed by atoms with Gasteiger partial charge in [0.15, 0.2) is 0 Å². The predicted octanol–water partition coefficient (Wildman–Crippen LogP) is 2.73. The van der Waals surface area contributed by atoms with Gasteiger partial charge in [0.1, 0.15) is 0 Å². The normalized spacial score (nSPS) is 12.1. The Kier molecular flexibility index (Phi) is 4.73. The molecule has 1 N–H and O–H groups in total. The third kappa shape index (κ3) is 3.01. The number of benzene rings is 1. The third-order valence-corrected chi connectivity index (χ3v) is 2.62. The molecule has 7 nitrogen and oxygen atoms in total. The highest BCUT2D eigenvalue weighted by Crippen LogP contribution is 2.35. The summed E-state index contributed by atoms with van der Waals surface area (Å²) in [7, 11) is 0. The smallest absolute Gasteiger partial charge is 0.351 e. The molecule has 0 aliphatic heterocycles. The van der Waals surface area contributed by atoms with Crippen LogP contribution in [0.5, 0.6) is 0 Å². The van der Waals surface area contributed by atoms with Crippen LogP contribution in [0.4, 0.5) is 11.4 Å². The van der Waals surface area contributed by atoms with Crippen LogP contribution in [0.15, 0.2) is 18.2 Å². The largest absolute Gasteiger partial charge is 0.388 e. The van der Waals surface area contributed by atoms with Crippen LogP contribution in [0.25, 0.3) is 0 Å². The fourth-order valence-corrected chi connectivity index (χ4v) is 1.72. The van der Waals surface area contributed by atoms with Crippen molar-refractivity contribution in [3.05, 3.63) is 44.0 Å². The summed E-state index contributed by atoms with van der Waals surface area (Å²) in [5.41, 5.74) is -1.21. The molecule has 1 aromatic carbocycles. The van der Waals surface area contributed by atoms with Gasteiger partial charge < -0.3 is 5.11 Å². The average Bonchev–Trinajstić information content (AvgIpc) is 2.34. The van der Waals surface area contributed by atoms with E-state index in [1.807, 2.05) is 6.92 Å². The van der Waals surface area contributed by atoms with Gasteiger partial charge in [-0.1, -0.05) is 25.8 Å². The lowest BCUT2D eigenvalue weighted by molar-refractivity contribution is -0.423. The van der Waals surface area contributed by atoms with E-state index >= 15 is 0 Å². The van der Waals surface area contributed by atoms with Crippen LogP contribution in [0.2, 0.25) is 0 Å². The highest BCUT2D eigenvalue weighted by Gasteiger charge is 2.30. The van der Waals surface area contributed by atoms with Crippen LogP contribution < -0.4 is 0 Å². The number of nitrogens with zero attached hydrogens (tertiary/aromatic N) is 2. The van der Waals surface area contributed by atoms with Gasteiger partial charge in [-0.15, -0.1) is 0 Å². The van der Waals surface area contributed by atoms with Gasteiger partial charge in [-0.05, 0) is 12.5 Å². The lowest BCUT2D eigenvalue weighted by Crippen LogP contribution is -2.05. The van der Waals surface area contributed by atoms with Gasteiger partial charge in [0.25, 0.3) is 0 Å². The molecule has 98 valence electrons. The van der Waals surface area contributed by atoms with E-state index in [4.69, 9.17) is 0 Å². The van der Waals surface area contributed by atoms with Gasteiger partial charge in [0, 0.05) is 6.07 Å². The molecule has 0 bridgehead atoms. The zero-order valence-electron chi connectivity index (χ0n) is 9.91. The van der Waals surface area contributed by atoms with Crippen molar-refractivity contribution < 1.29 is 15.0 Å². The third-order valence-electron chi connectivity index (χ3n) is 2.62. The minimum atomic E-state index is -1.05. The van der Waals surface area contributed by atoms with E-state index in [0.717, 1.165) is 12.5 Å². The van der Waals surface area contributed by atoms with Gasteiger partial charge in [0.05, 0.1) is 21.5 Å². The second-order valence-corrected chi connectivity index (χ2v) is 3.89. The summed E-state index contributed by atoms with van der Waals surface area (Å²) in [5, 5.41) is 31.5. The van der Waals surface area contributed by atoms with Crippen LogP contribution in [0.3, 0.4) is 0 Å². The number of unbranched alkanes of at least 4 members (excludes halogenated alkanes) is 1. The monoisotopic (exact) mass is 254 g/mol. The molecule has 0 saturated heterocycles. The van der Waals surface area contributed by atoms with Gasteiger partial charge in [0.2, 0.25) is 0 Å². The van der Waals surface area contributed by atoms with E-state index in [0.29, 0.717) is 12.8 Å². The fraction of sp³-hybridized carbons (Fsp3) is 0.455. The number of aliphatic hydroxyl groups is 1. The first-order valence-corrected chi connectivity index (χ1v) is 5.58. The Bertz CT molecular complexity index is 461. The van der Waals surface area contributed by atoms with E-state index in [1.54, 1.807) is 0 Å². The molecule has 0 aromatic heterocycles. The Balaban J connectivity index is 3.22. The first kappa shape index (κ1) is 14.0. The average molecular weight is 254 g/mol. The predicted molar refractivity (Wildman–Crippen MR) is 64.2 cm³/mol. The van der Waals surface area contributed by atoms with E-state index in [-0.39, 0.29) is 5.56 Å². The minimum absolute atomic E-state index is 0.00245. The number of hydrogen-bond donors (Lipinski definition) is 1. The van der Waals surface area contributed by atoms with Crippen LogP contribution in [-0.4, -0.2) is 15.0 Å². The summed E-state index contributed by atoms with van der Waals surface area (Å²) >= 11 is 0. The molecule has 0 fully saturated rings. The topological polar surface area (TPSA) is 107 Å². The standard InChI is InChI=1S/C11H14N2O5/c1-2-3-7-10(14)8-5-4-6-9(12(15)16)11(8)13(17)18/h4-6,10,14H,2-3,7H2,1H3. The molecular weight excluding hydrogens is 240 g/mol. The molecule has 1 aromatic rings. The lowest BCUT2D eigenvalue weighted by Gasteiger charge is -2.10. The highest BCUT2D eigenvalue weighted by atomic mass is 16.6. The van der Waals surface area contributed by atoms with Crippen molar-refractivity contribution >= 4 is 11.4 Å². The summed E-state index contributed by atoms with van der Waals surface area (Å²) in [6.07, 6.45) is 0.824. The molecule has 1 atom stereocenters. The van der Waals surface area contributed by atoms with E-state index in [9.17, 15) is 25.3 Å². The SMILES string of the molecule is CCCCC(O)c1cccc([N+](=O)[O-])c1[N+](=O)[O-]. The van der Waals surface area contributed by atoms with Gasteiger partial charge in [-0.3, -0.25) is 20.2 Å². The molecule has 18 heavy (non-hydrogen) atoms. The summed E-state index contributed by atoms with van der Waals surface area (Å²) < 4.78 is 0.